The van der Waals surface area contributed by atoms with Gasteiger partial charge in [-0.1, -0.05) is 24.3 Å². The van der Waals surface area contributed by atoms with E-state index in [2.05, 4.69) is 10.2 Å². The first kappa shape index (κ1) is 20.3. The van der Waals surface area contributed by atoms with Gasteiger partial charge in [0.25, 0.3) is 0 Å². The largest absolute Gasteiger partial charge is 0.444 e. The van der Waals surface area contributed by atoms with E-state index in [1.54, 1.807) is 4.90 Å². The second kappa shape index (κ2) is 8.31. The SMILES string of the molecule is CC(C)(C)OC(=O)N1CCN(Cc2ccc(C3CCC(=O)NC3=O)cc2)CC1. The Hall–Kier alpha value is -2.41. The number of hydrogen-bond acceptors (Lipinski definition) is 5. The van der Waals surface area contributed by atoms with Crippen molar-refractivity contribution in [2.75, 3.05) is 26.2 Å². The summed E-state index contributed by atoms with van der Waals surface area (Å²) in [5, 5.41) is 2.41. The summed E-state index contributed by atoms with van der Waals surface area (Å²) < 4.78 is 5.43. The van der Waals surface area contributed by atoms with Crippen molar-refractivity contribution in [3.8, 4) is 0 Å². The molecule has 3 rings (SSSR count). The molecule has 2 aliphatic rings. The van der Waals surface area contributed by atoms with E-state index in [1.807, 2.05) is 45.0 Å². The van der Waals surface area contributed by atoms with Crippen molar-refractivity contribution in [1.82, 2.24) is 15.1 Å². The van der Waals surface area contributed by atoms with E-state index >= 15 is 0 Å². The molecule has 7 nitrogen and oxygen atoms in total. The molecule has 7 heteroatoms. The third kappa shape index (κ3) is 5.32. The van der Waals surface area contributed by atoms with Gasteiger partial charge in [-0.25, -0.2) is 4.79 Å². The third-order valence-electron chi connectivity index (χ3n) is 5.05. The molecule has 2 saturated heterocycles. The molecule has 0 radical (unpaired) electrons. The van der Waals surface area contributed by atoms with Gasteiger partial charge in [-0.15, -0.1) is 0 Å². The van der Waals surface area contributed by atoms with E-state index in [-0.39, 0.29) is 23.8 Å². The van der Waals surface area contributed by atoms with Crippen LogP contribution in [0.2, 0.25) is 0 Å². The van der Waals surface area contributed by atoms with Crippen LogP contribution in [0.25, 0.3) is 0 Å². The molecule has 3 amide bonds. The zero-order valence-corrected chi connectivity index (χ0v) is 16.9. The number of nitrogens with zero attached hydrogens (tertiary/aromatic N) is 2. The van der Waals surface area contributed by atoms with Crippen LogP contribution in [0.5, 0.6) is 0 Å². The topological polar surface area (TPSA) is 79.0 Å². The highest BCUT2D eigenvalue weighted by atomic mass is 16.6. The fourth-order valence-corrected chi connectivity index (χ4v) is 3.54. The molecule has 1 aromatic rings. The first-order valence-corrected chi connectivity index (χ1v) is 9.84. The number of nitrogens with one attached hydrogen (secondary N) is 1. The van der Waals surface area contributed by atoms with E-state index in [4.69, 9.17) is 4.74 Å². The lowest BCUT2D eigenvalue weighted by Crippen LogP contribution is -2.49. The van der Waals surface area contributed by atoms with Gasteiger partial charge in [0.1, 0.15) is 5.60 Å². The lowest BCUT2D eigenvalue weighted by Gasteiger charge is -2.35. The number of rotatable bonds is 3. The van der Waals surface area contributed by atoms with Gasteiger partial charge in [0.05, 0.1) is 5.92 Å². The van der Waals surface area contributed by atoms with Gasteiger partial charge in [0.2, 0.25) is 11.8 Å². The molecule has 2 aliphatic heterocycles. The Kier molecular flexibility index (Phi) is 6.03. The molecule has 152 valence electrons. The molecule has 0 saturated carbocycles. The third-order valence-corrected chi connectivity index (χ3v) is 5.05. The first-order valence-electron chi connectivity index (χ1n) is 9.84. The molecule has 1 aromatic carbocycles. The Morgan fingerprint density at radius 3 is 2.32 bits per heavy atom. The molecule has 0 aromatic heterocycles. The Morgan fingerprint density at radius 2 is 1.75 bits per heavy atom. The predicted molar refractivity (Wildman–Crippen MR) is 105 cm³/mol. The van der Waals surface area contributed by atoms with Gasteiger partial charge < -0.3 is 9.64 Å². The van der Waals surface area contributed by atoms with Crippen molar-refractivity contribution in [2.45, 2.75) is 51.7 Å². The highest BCUT2D eigenvalue weighted by Gasteiger charge is 2.28. The minimum absolute atomic E-state index is 0.191. The number of benzene rings is 1. The van der Waals surface area contributed by atoms with Crippen molar-refractivity contribution in [2.24, 2.45) is 0 Å². The van der Waals surface area contributed by atoms with Gasteiger partial charge >= 0.3 is 6.09 Å². The molecule has 1 unspecified atom stereocenters. The number of hydrogen-bond donors (Lipinski definition) is 1. The van der Waals surface area contributed by atoms with Crippen molar-refractivity contribution >= 4 is 17.9 Å². The zero-order valence-electron chi connectivity index (χ0n) is 16.9. The molecular formula is C21H29N3O4. The highest BCUT2D eigenvalue weighted by Crippen LogP contribution is 2.25. The van der Waals surface area contributed by atoms with Gasteiger partial charge in [-0.3, -0.25) is 19.8 Å². The highest BCUT2D eigenvalue weighted by molar-refractivity contribution is 6.00. The maximum Gasteiger partial charge on any atom is 0.410 e. The van der Waals surface area contributed by atoms with Gasteiger partial charge in [0, 0.05) is 39.1 Å². The number of ether oxygens (including phenoxy) is 1. The monoisotopic (exact) mass is 387 g/mol. The summed E-state index contributed by atoms with van der Waals surface area (Å²) >= 11 is 0. The lowest BCUT2D eigenvalue weighted by atomic mass is 9.90. The predicted octanol–water partition coefficient (Wildman–Crippen LogP) is 2.26. The van der Waals surface area contributed by atoms with E-state index in [9.17, 15) is 14.4 Å². The van der Waals surface area contributed by atoms with Crippen molar-refractivity contribution in [3.05, 3.63) is 35.4 Å². The fraction of sp³-hybridized carbons (Fsp3) is 0.571. The smallest absolute Gasteiger partial charge is 0.410 e. The summed E-state index contributed by atoms with van der Waals surface area (Å²) in [6.45, 7) is 9.34. The normalized spacial score (nSPS) is 21.4. The van der Waals surface area contributed by atoms with Crippen LogP contribution in [0.1, 0.15) is 50.7 Å². The number of imide groups is 1. The van der Waals surface area contributed by atoms with Crippen molar-refractivity contribution in [1.29, 1.82) is 0 Å². The molecule has 1 N–H and O–H groups in total. The maximum atomic E-state index is 12.1. The van der Waals surface area contributed by atoms with Crippen LogP contribution in [-0.2, 0) is 20.9 Å². The minimum Gasteiger partial charge on any atom is -0.444 e. The molecule has 28 heavy (non-hydrogen) atoms. The standard InChI is InChI=1S/C21H29N3O4/c1-21(2,3)28-20(27)24-12-10-23(11-13-24)14-15-4-6-16(7-5-15)17-8-9-18(25)22-19(17)26/h4-7,17H,8-14H2,1-3H3,(H,22,25,26). The Morgan fingerprint density at radius 1 is 1.11 bits per heavy atom. The van der Waals surface area contributed by atoms with E-state index < -0.39 is 5.60 Å². The molecule has 2 fully saturated rings. The van der Waals surface area contributed by atoms with E-state index in [1.165, 1.54) is 5.56 Å². The Labute approximate surface area is 166 Å². The van der Waals surface area contributed by atoms with Gasteiger partial charge in [0.15, 0.2) is 0 Å². The number of piperidine rings is 1. The number of carbonyl (C=O) groups is 3. The van der Waals surface area contributed by atoms with E-state index in [0.29, 0.717) is 25.9 Å². The fourth-order valence-electron chi connectivity index (χ4n) is 3.54. The summed E-state index contributed by atoms with van der Waals surface area (Å²) in [7, 11) is 0. The molecule has 0 spiro atoms. The van der Waals surface area contributed by atoms with Gasteiger partial charge in [-0.2, -0.15) is 0 Å². The van der Waals surface area contributed by atoms with Crippen molar-refractivity contribution in [3.63, 3.8) is 0 Å². The van der Waals surface area contributed by atoms with Crippen LogP contribution in [-0.4, -0.2) is 59.5 Å². The second-order valence-electron chi connectivity index (χ2n) is 8.49. The summed E-state index contributed by atoms with van der Waals surface area (Å²) in [5.74, 6) is -0.644. The van der Waals surface area contributed by atoms with Crippen LogP contribution in [0.3, 0.4) is 0 Å². The average molecular weight is 387 g/mol. The molecule has 0 bridgehead atoms. The van der Waals surface area contributed by atoms with Crippen LogP contribution >= 0.6 is 0 Å². The van der Waals surface area contributed by atoms with Gasteiger partial charge in [-0.05, 0) is 38.3 Å². The average Bonchev–Trinajstić information content (AvgIpc) is 2.62. The lowest BCUT2D eigenvalue weighted by molar-refractivity contribution is -0.134. The Bertz CT molecular complexity index is 731. The molecule has 1 atom stereocenters. The molecule has 0 aliphatic carbocycles. The number of carbonyl (C=O) groups excluding carboxylic acids is 3. The summed E-state index contributed by atoms with van der Waals surface area (Å²) in [6, 6.07) is 8.04. The first-order chi connectivity index (χ1) is 13.2. The minimum atomic E-state index is -0.474. The second-order valence-corrected chi connectivity index (χ2v) is 8.49. The van der Waals surface area contributed by atoms with Crippen LogP contribution in [0.15, 0.2) is 24.3 Å². The zero-order chi connectivity index (χ0) is 20.3. The summed E-state index contributed by atoms with van der Waals surface area (Å²) in [5.41, 5.74) is 1.64. The van der Waals surface area contributed by atoms with Crippen LogP contribution in [0, 0.1) is 0 Å². The maximum absolute atomic E-state index is 12.1. The van der Waals surface area contributed by atoms with Crippen LogP contribution < -0.4 is 5.32 Å². The number of piperazine rings is 1. The summed E-state index contributed by atoms with van der Waals surface area (Å²) in [6.07, 6.45) is 0.706. The van der Waals surface area contributed by atoms with E-state index in [0.717, 1.165) is 25.2 Å². The Balaban J connectivity index is 1.50. The quantitative estimate of drug-likeness (QED) is 0.805. The summed E-state index contributed by atoms with van der Waals surface area (Å²) in [4.78, 5) is 39.5. The van der Waals surface area contributed by atoms with Crippen molar-refractivity contribution < 1.29 is 19.1 Å². The number of amides is 3. The molecule has 2 heterocycles. The molecular weight excluding hydrogens is 358 g/mol. The van der Waals surface area contributed by atoms with Crippen LogP contribution in [0.4, 0.5) is 4.79 Å².